The summed E-state index contributed by atoms with van der Waals surface area (Å²) in [5.41, 5.74) is 0.561. The molecule has 3 aromatic rings. The van der Waals surface area contributed by atoms with E-state index in [1.54, 1.807) is 54.3 Å². The third kappa shape index (κ3) is 4.86. The van der Waals surface area contributed by atoms with Crippen molar-refractivity contribution < 1.29 is 13.2 Å². The molecule has 148 valence electrons. The first-order valence-electron chi connectivity index (χ1n) is 8.80. The van der Waals surface area contributed by atoms with Crippen LogP contribution in [0.3, 0.4) is 0 Å². The molecule has 2 aromatic heterocycles. The number of thiophene rings is 1. The molecule has 0 aliphatic rings. The largest absolute Gasteiger partial charge is 0.326 e. The van der Waals surface area contributed by atoms with Crippen LogP contribution in [0.1, 0.15) is 24.8 Å². The zero-order valence-electron chi connectivity index (χ0n) is 15.6. The van der Waals surface area contributed by atoms with Crippen molar-refractivity contribution in [1.29, 1.82) is 0 Å². The lowest BCUT2D eigenvalue weighted by atomic mass is 10.2. The minimum absolute atomic E-state index is 0.119. The van der Waals surface area contributed by atoms with Crippen molar-refractivity contribution in [2.75, 3.05) is 11.9 Å². The van der Waals surface area contributed by atoms with Gasteiger partial charge in [-0.15, -0.1) is 11.3 Å². The van der Waals surface area contributed by atoms with Crippen molar-refractivity contribution in [3.05, 3.63) is 65.1 Å². The lowest BCUT2D eigenvalue weighted by Crippen LogP contribution is -2.31. The average molecular weight is 419 g/mol. The first kappa shape index (κ1) is 20.2. The summed E-state index contributed by atoms with van der Waals surface area (Å²) in [6.45, 7) is 3.76. The van der Waals surface area contributed by atoms with Gasteiger partial charge in [0, 0.05) is 35.4 Å². The number of sulfonamides is 1. The topological polar surface area (TPSA) is 93.1 Å². The summed E-state index contributed by atoms with van der Waals surface area (Å²) in [5.74, 6) is -0.270. The fourth-order valence-corrected chi connectivity index (χ4v) is 4.40. The summed E-state index contributed by atoms with van der Waals surface area (Å²) in [6.07, 6.45) is 3.48. The number of nitrogens with zero attached hydrogens (tertiary/aromatic N) is 2. The van der Waals surface area contributed by atoms with Gasteiger partial charge < -0.3 is 5.32 Å². The minimum Gasteiger partial charge on any atom is -0.326 e. The summed E-state index contributed by atoms with van der Waals surface area (Å²) in [7, 11) is -3.70. The highest BCUT2D eigenvalue weighted by Crippen LogP contribution is 2.23. The maximum Gasteiger partial charge on any atom is 0.240 e. The maximum atomic E-state index is 12.7. The van der Waals surface area contributed by atoms with Crippen LogP contribution in [0.15, 0.2) is 65.1 Å². The summed E-state index contributed by atoms with van der Waals surface area (Å²) in [5, 5.41) is 8.94. The molecule has 0 aliphatic heterocycles. The van der Waals surface area contributed by atoms with E-state index in [-0.39, 0.29) is 29.3 Å². The summed E-state index contributed by atoms with van der Waals surface area (Å²) in [4.78, 5) is 12.9. The van der Waals surface area contributed by atoms with E-state index < -0.39 is 10.0 Å². The Kier molecular flexibility index (Phi) is 6.28. The minimum atomic E-state index is -3.70. The zero-order valence-corrected chi connectivity index (χ0v) is 17.2. The number of rotatable bonds is 8. The van der Waals surface area contributed by atoms with Crippen molar-refractivity contribution in [3.63, 3.8) is 0 Å². The molecule has 2 N–H and O–H groups in total. The quantitative estimate of drug-likeness (QED) is 0.588. The van der Waals surface area contributed by atoms with Crippen molar-refractivity contribution in [2.24, 2.45) is 5.92 Å². The Labute approximate surface area is 168 Å². The number of nitrogens with one attached hydrogen (secondary N) is 2. The highest BCUT2D eigenvalue weighted by Gasteiger charge is 2.20. The predicted molar refractivity (Wildman–Crippen MR) is 110 cm³/mol. The van der Waals surface area contributed by atoms with Crippen LogP contribution in [0.4, 0.5) is 5.69 Å². The van der Waals surface area contributed by atoms with E-state index >= 15 is 0 Å². The van der Waals surface area contributed by atoms with Crippen LogP contribution in [-0.2, 0) is 14.8 Å². The van der Waals surface area contributed by atoms with Gasteiger partial charge in [0.2, 0.25) is 15.9 Å². The molecule has 0 saturated heterocycles. The van der Waals surface area contributed by atoms with E-state index in [0.717, 1.165) is 4.88 Å². The number of benzene rings is 1. The molecule has 1 unspecified atom stereocenters. The molecule has 0 saturated carbocycles. The SMILES string of the molecule is CC(C)C(=O)Nc1ccc(S(=O)(=O)NCC(c2cccs2)n2cccn2)cc1. The fraction of sp³-hybridized carbons (Fsp3) is 0.263. The second-order valence-corrected chi connectivity index (χ2v) is 9.28. The number of carbonyl (C=O) groups excluding carboxylic acids is 1. The van der Waals surface area contributed by atoms with Crippen molar-refractivity contribution in [3.8, 4) is 0 Å². The van der Waals surface area contributed by atoms with Gasteiger partial charge in [-0.25, -0.2) is 13.1 Å². The Bertz CT molecular complexity index is 962. The molecule has 28 heavy (non-hydrogen) atoms. The maximum absolute atomic E-state index is 12.7. The Hall–Kier alpha value is -2.49. The van der Waals surface area contributed by atoms with Crippen LogP contribution >= 0.6 is 11.3 Å². The van der Waals surface area contributed by atoms with Gasteiger partial charge in [0.05, 0.1) is 10.9 Å². The van der Waals surface area contributed by atoms with E-state index in [9.17, 15) is 13.2 Å². The molecule has 2 heterocycles. The molecule has 1 amide bonds. The molecule has 9 heteroatoms. The normalized spacial score (nSPS) is 12.8. The average Bonchev–Trinajstić information content (AvgIpc) is 3.36. The van der Waals surface area contributed by atoms with E-state index in [1.165, 1.54) is 12.1 Å². The van der Waals surface area contributed by atoms with Crippen LogP contribution in [0.25, 0.3) is 0 Å². The standard InChI is InChI=1S/C19H22N4O3S2/c1-14(2)19(24)22-15-6-8-16(9-7-15)28(25,26)21-13-17(18-5-3-12-27-18)23-11-4-10-20-23/h3-12,14,17,21H,13H2,1-2H3,(H,22,24). The number of anilines is 1. The molecule has 1 atom stereocenters. The summed E-state index contributed by atoms with van der Waals surface area (Å²) < 4.78 is 29.8. The molecule has 0 fully saturated rings. The molecule has 1 aromatic carbocycles. The number of hydrogen-bond donors (Lipinski definition) is 2. The highest BCUT2D eigenvalue weighted by molar-refractivity contribution is 7.89. The molecule has 0 aliphatic carbocycles. The lowest BCUT2D eigenvalue weighted by Gasteiger charge is -2.17. The van der Waals surface area contributed by atoms with Crippen molar-refractivity contribution >= 4 is 33.0 Å². The van der Waals surface area contributed by atoms with Crippen molar-refractivity contribution in [1.82, 2.24) is 14.5 Å². The molecule has 7 nitrogen and oxygen atoms in total. The first-order chi connectivity index (χ1) is 13.4. The second kappa shape index (κ2) is 8.68. The molecular formula is C19H22N4O3S2. The molecular weight excluding hydrogens is 396 g/mol. The van der Waals surface area contributed by atoms with E-state index in [0.29, 0.717) is 5.69 Å². The number of hydrogen-bond acceptors (Lipinski definition) is 5. The Balaban J connectivity index is 1.71. The van der Waals surface area contributed by atoms with Gasteiger partial charge >= 0.3 is 0 Å². The van der Waals surface area contributed by atoms with E-state index in [4.69, 9.17) is 0 Å². The van der Waals surface area contributed by atoms with E-state index in [1.807, 2.05) is 23.7 Å². The van der Waals surface area contributed by atoms with Crippen LogP contribution in [0.5, 0.6) is 0 Å². The number of amides is 1. The first-order valence-corrected chi connectivity index (χ1v) is 11.2. The Morgan fingerprint density at radius 3 is 2.50 bits per heavy atom. The second-order valence-electron chi connectivity index (χ2n) is 6.54. The molecule has 0 radical (unpaired) electrons. The monoisotopic (exact) mass is 418 g/mol. The smallest absolute Gasteiger partial charge is 0.240 e. The van der Waals surface area contributed by atoms with Gasteiger partial charge in [-0.1, -0.05) is 19.9 Å². The fourth-order valence-electron chi connectivity index (χ4n) is 2.55. The van der Waals surface area contributed by atoms with Gasteiger partial charge in [-0.05, 0) is 41.8 Å². The lowest BCUT2D eigenvalue weighted by molar-refractivity contribution is -0.118. The summed E-state index contributed by atoms with van der Waals surface area (Å²) >= 11 is 1.55. The number of carbonyl (C=O) groups is 1. The van der Waals surface area contributed by atoms with Crippen LogP contribution in [0, 0.1) is 5.92 Å². The third-order valence-corrected chi connectivity index (χ3v) is 6.55. The van der Waals surface area contributed by atoms with Gasteiger partial charge in [0.15, 0.2) is 0 Å². The highest BCUT2D eigenvalue weighted by atomic mass is 32.2. The predicted octanol–water partition coefficient (Wildman–Crippen LogP) is 3.11. The third-order valence-electron chi connectivity index (χ3n) is 4.14. The summed E-state index contributed by atoms with van der Waals surface area (Å²) in [6, 6.07) is 11.6. The Morgan fingerprint density at radius 2 is 1.93 bits per heavy atom. The van der Waals surface area contributed by atoms with Crippen LogP contribution in [-0.4, -0.2) is 30.7 Å². The van der Waals surface area contributed by atoms with Crippen LogP contribution < -0.4 is 10.0 Å². The Morgan fingerprint density at radius 1 is 1.18 bits per heavy atom. The van der Waals surface area contributed by atoms with Gasteiger partial charge in [-0.2, -0.15) is 5.10 Å². The van der Waals surface area contributed by atoms with Gasteiger partial charge in [0.25, 0.3) is 0 Å². The van der Waals surface area contributed by atoms with Crippen molar-refractivity contribution in [2.45, 2.75) is 24.8 Å². The molecule has 0 bridgehead atoms. The zero-order chi connectivity index (χ0) is 20.1. The molecule has 3 rings (SSSR count). The number of aromatic nitrogens is 2. The van der Waals surface area contributed by atoms with Gasteiger partial charge in [0.1, 0.15) is 0 Å². The van der Waals surface area contributed by atoms with Gasteiger partial charge in [-0.3, -0.25) is 9.48 Å². The van der Waals surface area contributed by atoms with E-state index in [2.05, 4.69) is 15.1 Å². The molecule has 0 spiro atoms. The van der Waals surface area contributed by atoms with Crippen LogP contribution in [0.2, 0.25) is 0 Å².